The van der Waals surface area contributed by atoms with E-state index in [9.17, 15) is 0 Å². The molecule has 5 heteroatoms. The van der Waals surface area contributed by atoms with Gasteiger partial charge in [0.05, 0.1) is 6.54 Å². The number of anilines is 1. The van der Waals surface area contributed by atoms with E-state index in [0.29, 0.717) is 0 Å². The Kier molecular flexibility index (Phi) is 5.51. The summed E-state index contributed by atoms with van der Waals surface area (Å²) in [5.41, 5.74) is 4.12. The molecule has 0 atom stereocenters. The van der Waals surface area contributed by atoms with Crippen molar-refractivity contribution in [3.63, 3.8) is 0 Å². The fraction of sp³-hybridized carbons (Fsp3) is 0.579. The predicted molar refractivity (Wildman–Crippen MR) is 96.3 cm³/mol. The number of aryl methyl sites for hydroxylation is 2. The fourth-order valence-electron chi connectivity index (χ4n) is 3.21. The van der Waals surface area contributed by atoms with E-state index in [2.05, 4.69) is 58.9 Å². The topological polar surface area (TPSA) is 45.4 Å². The summed E-state index contributed by atoms with van der Waals surface area (Å²) >= 11 is 0. The van der Waals surface area contributed by atoms with Crippen LogP contribution in [0.5, 0.6) is 0 Å². The first-order valence-electron chi connectivity index (χ1n) is 9.02. The summed E-state index contributed by atoms with van der Waals surface area (Å²) in [6.45, 7) is 11.5. The third-order valence-corrected chi connectivity index (χ3v) is 4.91. The molecular weight excluding hydrogens is 300 g/mol. The molecule has 1 aromatic heterocycles. The van der Waals surface area contributed by atoms with Crippen LogP contribution in [0.2, 0.25) is 0 Å². The maximum absolute atomic E-state index is 5.39. The number of aromatic nitrogens is 2. The van der Waals surface area contributed by atoms with Gasteiger partial charge in [-0.3, -0.25) is 4.90 Å². The highest BCUT2D eigenvalue weighted by atomic mass is 16.5. The van der Waals surface area contributed by atoms with Crippen LogP contribution in [0.3, 0.4) is 0 Å². The number of rotatable bonds is 6. The lowest BCUT2D eigenvalue weighted by molar-refractivity contribution is 0.215. The Labute approximate surface area is 144 Å². The Hall–Kier alpha value is -1.88. The lowest BCUT2D eigenvalue weighted by Crippen LogP contribution is -2.46. The van der Waals surface area contributed by atoms with Crippen molar-refractivity contribution in [2.75, 3.05) is 31.1 Å². The van der Waals surface area contributed by atoms with Gasteiger partial charge in [0.1, 0.15) is 0 Å². The van der Waals surface area contributed by atoms with E-state index in [1.54, 1.807) is 0 Å². The maximum atomic E-state index is 5.39. The van der Waals surface area contributed by atoms with E-state index in [4.69, 9.17) is 4.52 Å². The summed E-state index contributed by atoms with van der Waals surface area (Å²) in [6.07, 6.45) is 3.19. The normalized spacial score (nSPS) is 15.9. The quantitative estimate of drug-likeness (QED) is 0.814. The first kappa shape index (κ1) is 17.0. The second-order valence-electron chi connectivity index (χ2n) is 6.69. The minimum absolute atomic E-state index is 0.751. The predicted octanol–water partition coefficient (Wildman–Crippen LogP) is 3.35. The summed E-state index contributed by atoms with van der Waals surface area (Å²) in [5, 5.41) is 4.08. The van der Waals surface area contributed by atoms with E-state index in [-0.39, 0.29) is 0 Å². The SMILES string of the molecule is CCCCc1noc(CN2CCN(c3cccc(C)c3C)CC2)n1. The Morgan fingerprint density at radius 2 is 1.92 bits per heavy atom. The Morgan fingerprint density at radius 3 is 2.67 bits per heavy atom. The third-order valence-electron chi connectivity index (χ3n) is 4.91. The van der Waals surface area contributed by atoms with Gasteiger partial charge in [0.25, 0.3) is 0 Å². The average Bonchev–Trinajstić information content (AvgIpc) is 3.04. The molecule has 0 radical (unpaired) electrons. The molecule has 0 aliphatic carbocycles. The molecule has 0 N–H and O–H groups in total. The molecule has 0 unspecified atom stereocenters. The number of nitrogens with zero attached hydrogens (tertiary/aromatic N) is 4. The monoisotopic (exact) mass is 328 g/mol. The molecule has 2 heterocycles. The van der Waals surface area contributed by atoms with Crippen LogP contribution in [0.15, 0.2) is 22.7 Å². The molecule has 1 fully saturated rings. The molecule has 1 aromatic carbocycles. The summed E-state index contributed by atoms with van der Waals surface area (Å²) in [4.78, 5) is 9.40. The molecule has 1 aliphatic heterocycles. The number of benzene rings is 1. The van der Waals surface area contributed by atoms with Crippen molar-refractivity contribution in [3.8, 4) is 0 Å². The van der Waals surface area contributed by atoms with Crippen LogP contribution in [-0.4, -0.2) is 41.2 Å². The second kappa shape index (κ2) is 7.79. The minimum Gasteiger partial charge on any atom is -0.369 e. The molecule has 1 aliphatic rings. The zero-order chi connectivity index (χ0) is 16.9. The summed E-state index contributed by atoms with van der Waals surface area (Å²) in [6, 6.07) is 6.57. The number of piperazine rings is 1. The smallest absolute Gasteiger partial charge is 0.240 e. The van der Waals surface area contributed by atoms with Gasteiger partial charge in [-0.1, -0.05) is 30.6 Å². The van der Waals surface area contributed by atoms with Crippen molar-refractivity contribution in [2.24, 2.45) is 0 Å². The van der Waals surface area contributed by atoms with Crippen molar-refractivity contribution >= 4 is 5.69 Å². The molecule has 3 rings (SSSR count). The summed E-state index contributed by atoms with van der Waals surface area (Å²) in [7, 11) is 0. The highest BCUT2D eigenvalue weighted by Crippen LogP contribution is 2.24. The first-order valence-corrected chi connectivity index (χ1v) is 9.02. The molecule has 0 amide bonds. The number of hydrogen-bond acceptors (Lipinski definition) is 5. The molecule has 2 aromatic rings. The third kappa shape index (κ3) is 3.96. The Morgan fingerprint density at radius 1 is 1.12 bits per heavy atom. The zero-order valence-electron chi connectivity index (χ0n) is 15.1. The van der Waals surface area contributed by atoms with Crippen molar-refractivity contribution in [2.45, 2.75) is 46.6 Å². The summed E-state index contributed by atoms with van der Waals surface area (Å²) in [5.74, 6) is 1.60. The van der Waals surface area contributed by atoms with E-state index >= 15 is 0 Å². The molecular formula is C19H28N4O. The van der Waals surface area contributed by atoms with Crippen LogP contribution in [-0.2, 0) is 13.0 Å². The van der Waals surface area contributed by atoms with Gasteiger partial charge in [0.2, 0.25) is 5.89 Å². The average molecular weight is 328 g/mol. The zero-order valence-corrected chi connectivity index (χ0v) is 15.1. The molecule has 1 saturated heterocycles. The molecule has 0 saturated carbocycles. The largest absolute Gasteiger partial charge is 0.369 e. The summed E-state index contributed by atoms with van der Waals surface area (Å²) < 4.78 is 5.39. The molecule has 0 bridgehead atoms. The molecule has 24 heavy (non-hydrogen) atoms. The molecule has 0 spiro atoms. The van der Waals surface area contributed by atoms with Crippen LogP contribution in [0.25, 0.3) is 0 Å². The Bertz CT molecular complexity index is 659. The second-order valence-corrected chi connectivity index (χ2v) is 6.69. The van der Waals surface area contributed by atoms with Crippen LogP contribution in [0.4, 0.5) is 5.69 Å². The van der Waals surface area contributed by atoms with E-state index in [0.717, 1.165) is 63.7 Å². The van der Waals surface area contributed by atoms with Crippen molar-refractivity contribution < 1.29 is 4.52 Å². The van der Waals surface area contributed by atoms with Gasteiger partial charge in [0.15, 0.2) is 5.82 Å². The van der Waals surface area contributed by atoms with E-state index in [1.807, 2.05) is 0 Å². The van der Waals surface area contributed by atoms with Gasteiger partial charge in [-0.15, -0.1) is 0 Å². The van der Waals surface area contributed by atoms with Crippen LogP contribution >= 0.6 is 0 Å². The van der Waals surface area contributed by atoms with Gasteiger partial charge in [0, 0.05) is 38.3 Å². The van der Waals surface area contributed by atoms with Crippen LogP contribution in [0, 0.1) is 13.8 Å². The van der Waals surface area contributed by atoms with Crippen molar-refractivity contribution in [1.82, 2.24) is 15.0 Å². The van der Waals surface area contributed by atoms with Crippen molar-refractivity contribution in [3.05, 3.63) is 41.0 Å². The van der Waals surface area contributed by atoms with Crippen LogP contribution < -0.4 is 4.90 Å². The van der Waals surface area contributed by atoms with Gasteiger partial charge in [-0.25, -0.2) is 0 Å². The number of unbranched alkanes of at least 4 members (excludes halogenated alkanes) is 1. The molecule has 5 nitrogen and oxygen atoms in total. The highest BCUT2D eigenvalue weighted by molar-refractivity contribution is 5.56. The lowest BCUT2D eigenvalue weighted by atomic mass is 10.1. The standard InChI is InChI=1S/C19H28N4O/c1-4-5-9-18-20-19(24-21-18)14-22-10-12-23(13-11-22)17-8-6-7-15(2)16(17)3/h6-8H,4-5,9-14H2,1-3H3. The minimum atomic E-state index is 0.751. The van der Waals surface area contributed by atoms with Gasteiger partial charge in [-0.2, -0.15) is 4.98 Å². The Balaban J connectivity index is 1.53. The lowest BCUT2D eigenvalue weighted by Gasteiger charge is -2.36. The van der Waals surface area contributed by atoms with Gasteiger partial charge in [-0.05, 0) is 37.5 Å². The van der Waals surface area contributed by atoms with Gasteiger partial charge >= 0.3 is 0 Å². The van der Waals surface area contributed by atoms with E-state index < -0.39 is 0 Å². The van der Waals surface area contributed by atoms with Gasteiger partial charge < -0.3 is 9.42 Å². The first-order chi connectivity index (χ1) is 11.7. The molecule has 130 valence electrons. The van der Waals surface area contributed by atoms with E-state index in [1.165, 1.54) is 16.8 Å². The number of hydrogen-bond donors (Lipinski definition) is 0. The maximum Gasteiger partial charge on any atom is 0.240 e. The van der Waals surface area contributed by atoms with Crippen molar-refractivity contribution in [1.29, 1.82) is 0 Å². The highest BCUT2D eigenvalue weighted by Gasteiger charge is 2.20. The van der Waals surface area contributed by atoms with Crippen LogP contribution in [0.1, 0.15) is 42.6 Å². The fourth-order valence-corrected chi connectivity index (χ4v) is 3.21.